The lowest BCUT2D eigenvalue weighted by atomic mass is 9.79. The quantitative estimate of drug-likeness (QED) is 0.754. The zero-order chi connectivity index (χ0) is 14.7. The van der Waals surface area contributed by atoms with Crippen LogP contribution in [0.5, 0.6) is 0 Å². The minimum Gasteiger partial charge on any atom is -0.355 e. The van der Waals surface area contributed by atoms with Gasteiger partial charge in [-0.25, -0.2) is 0 Å². The molecule has 3 saturated heterocycles. The zero-order valence-electron chi connectivity index (χ0n) is 13.1. The first-order chi connectivity index (χ1) is 10.2. The summed E-state index contributed by atoms with van der Waals surface area (Å²) < 4.78 is 0. The predicted molar refractivity (Wildman–Crippen MR) is 87.0 cm³/mol. The van der Waals surface area contributed by atoms with E-state index in [1.54, 1.807) is 0 Å². The Morgan fingerprint density at radius 1 is 1.23 bits per heavy atom. The van der Waals surface area contributed by atoms with Crippen molar-refractivity contribution in [2.75, 3.05) is 52.4 Å². The molecule has 1 spiro atoms. The molecular weight excluding hydrogens is 304 g/mol. The van der Waals surface area contributed by atoms with Crippen molar-refractivity contribution >= 4 is 24.2 Å². The second-order valence-corrected chi connectivity index (χ2v) is 6.71. The van der Waals surface area contributed by atoms with Gasteiger partial charge >= 0.3 is 0 Å². The maximum absolute atomic E-state index is 12.2. The van der Waals surface area contributed by atoms with Crippen LogP contribution in [0.2, 0.25) is 0 Å². The summed E-state index contributed by atoms with van der Waals surface area (Å²) in [5.41, 5.74) is 0.132. The first-order valence-electron chi connectivity index (χ1n) is 8.14. The molecule has 22 heavy (non-hydrogen) atoms. The van der Waals surface area contributed by atoms with E-state index < -0.39 is 0 Å². The zero-order valence-corrected chi connectivity index (χ0v) is 13.9. The molecule has 1 unspecified atom stereocenters. The topological polar surface area (TPSA) is 64.7 Å². The van der Waals surface area contributed by atoms with Crippen LogP contribution < -0.4 is 10.6 Å². The van der Waals surface area contributed by atoms with Crippen LogP contribution in [-0.2, 0) is 9.59 Å². The molecule has 3 aliphatic heterocycles. The lowest BCUT2D eigenvalue weighted by molar-refractivity contribution is -0.132. The molecule has 0 radical (unpaired) electrons. The fourth-order valence-electron chi connectivity index (χ4n) is 3.87. The highest BCUT2D eigenvalue weighted by atomic mass is 35.5. The summed E-state index contributed by atoms with van der Waals surface area (Å²) in [5, 5.41) is 6.24. The van der Waals surface area contributed by atoms with Gasteiger partial charge in [0.15, 0.2) is 0 Å². The van der Waals surface area contributed by atoms with Crippen LogP contribution in [0, 0.1) is 5.41 Å². The number of likely N-dealkylation sites (tertiary alicyclic amines) is 1. The minimum atomic E-state index is 0. The molecule has 0 aliphatic carbocycles. The second kappa shape index (κ2) is 7.62. The number of amides is 2. The number of piperidine rings is 1. The first kappa shape index (κ1) is 17.5. The molecule has 2 amide bonds. The molecular formula is C15H27ClN4O2. The van der Waals surface area contributed by atoms with E-state index in [2.05, 4.69) is 15.5 Å². The predicted octanol–water partition coefficient (Wildman–Crippen LogP) is -0.168. The van der Waals surface area contributed by atoms with E-state index in [4.69, 9.17) is 0 Å². The van der Waals surface area contributed by atoms with E-state index in [0.717, 1.165) is 65.2 Å². The van der Waals surface area contributed by atoms with Crippen molar-refractivity contribution in [3.05, 3.63) is 0 Å². The van der Waals surface area contributed by atoms with Gasteiger partial charge in [-0.3, -0.25) is 9.59 Å². The van der Waals surface area contributed by atoms with Gasteiger partial charge in [0.1, 0.15) is 0 Å². The minimum absolute atomic E-state index is 0. The molecule has 1 atom stereocenters. The monoisotopic (exact) mass is 330 g/mol. The standard InChI is InChI=1S/C15H26N4O2.ClH/c20-13-10-15(11-17-13)3-1-6-18(12-15)7-2-14(21)19-8-4-16-5-9-19;/h16H,1-12H2,(H,17,20);1H. The number of nitrogens with zero attached hydrogens (tertiary/aromatic N) is 2. The van der Waals surface area contributed by atoms with E-state index in [1.807, 2.05) is 4.90 Å². The highest BCUT2D eigenvalue weighted by Crippen LogP contribution is 2.35. The SMILES string of the molecule is Cl.O=C1CC2(CCCN(CCC(=O)N3CCNCC3)C2)CN1. The number of piperazine rings is 1. The van der Waals surface area contributed by atoms with Gasteiger partial charge in [0, 0.05) is 64.1 Å². The molecule has 7 heteroatoms. The van der Waals surface area contributed by atoms with Crippen LogP contribution >= 0.6 is 12.4 Å². The lowest BCUT2D eigenvalue weighted by Gasteiger charge is -2.39. The number of hydrogen-bond acceptors (Lipinski definition) is 4. The van der Waals surface area contributed by atoms with Crippen LogP contribution in [0.25, 0.3) is 0 Å². The van der Waals surface area contributed by atoms with Gasteiger partial charge in [0.25, 0.3) is 0 Å². The normalized spacial score (nSPS) is 29.3. The van der Waals surface area contributed by atoms with Gasteiger partial charge in [-0.15, -0.1) is 12.4 Å². The van der Waals surface area contributed by atoms with Crippen molar-refractivity contribution in [3.8, 4) is 0 Å². The summed E-state index contributed by atoms with van der Waals surface area (Å²) in [5.74, 6) is 0.463. The molecule has 0 aromatic heterocycles. The van der Waals surface area contributed by atoms with Crippen molar-refractivity contribution in [1.29, 1.82) is 0 Å². The van der Waals surface area contributed by atoms with E-state index in [9.17, 15) is 9.59 Å². The molecule has 3 aliphatic rings. The summed E-state index contributed by atoms with van der Waals surface area (Å²) in [7, 11) is 0. The molecule has 6 nitrogen and oxygen atoms in total. The summed E-state index contributed by atoms with van der Waals surface area (Å²) in [6, 6.07) is 0. The van der Waals surface area contributed by atoms with Gasteiger partial charge < -0.3 is 20.4 Å². The Bertz CT molecular complexity index is 414. The Kier molecular flexibility index (Phi) is 6.06. The van der Waals surface area contributed by atoms with Crippen molar-refractivity contribution in [3.63, 3.8) is 0 Å². The second-order valence-electron chi connectivity index (χ2n) is 6.71. The Morgan fingerprint density at radius 2 is 2.00 bits per heavy atom. The van der Waals surface area contributed by atoms with Crippen LogP contribution in [-0.4, -0.2) is 74.0 Å². The van der Waals surface area contributed by atoms with Crippen molar-refractivity contribution < 1.29 is 9.59 Å². The summed E-state index contributed by atoms with van der Waals surface area (Å²) in [4.78, 5) is 28.1. The third-order valence-electron chi connectivity index (χ3n) is 5.05. The van der Waals surface area contributed by atoms with Gasteiger partial charge in [0.2, 0.25) is 11.8 Å². The molecule has 126 valence electrons. The molecule has 3 rings (SSSR count). The lowest BCUT2D eigenvalue weighted by Crippen LogP contribution is -2.48. The molecule has 2 N–H and O–H groups in total. The fraction of sp³-hybridized carbons (Fsp3) is 0.867. The van der Waals surface area contributed by atoms with Gasteiger partial charge in [-0.1, -0.05) is 0 Å². The molecule has 0 bridgehead atoms. The van der Waals surface area contributed by atoms with E-state index in [0.29, 0.717) is 12.8 Å². The molecule has 0 aromatic carbocycles. The van der Waals surface area contributed by atoms with Crippen molar-refractivity contribution in [1.82, 2.24) is 20.4 Å². The third-order valence-corrected chi connectivity index (χ3v) is 5.05. The number of rotatable bonds is 3. The molecule has 0 aromatic rings. The number of hydrogen-bond donors (Lipinski definition) is 2. The van der Waals surface area contributed by atoms with Crippen molar-refractivity contribution in [2.24, 2.45) is 5.41 Å². The van der Waals surface area contributed by atoms with Crippen LogP contribution in [0.15, 0.2) is 0 Å². The van der Waals surface area contributed by atoms with E-state index >= 15 is 0 Å². The average Bonchev–Trinajstić information content (AvgIpc) is 2.86. The van der Waals surface area contributed by atoms with Crippen molar-refractivity contribution in [2.45, 2.75) is 25.7 Å². The van der Waals surface area contributed by atoms with Crippen LogP contribution in [0.4, 0.5) is 0 Å². The maximum Gasteiger partial charge on any atom is 0.223 e. The number of carbonyl (C=O) groups excluding carboxylic acids is 2. The van der Waals surface area contributed by atoms with Gasteiger partial charge in [-0.2, -0.15) is 0 Å². The Hall–Kier alpha value is -0.850. The van der Waals surface area contributed by atoms with E-state index in [1.165, 1.54) is 0 Å². The average molecular weight is 331 g/mol. The van der Waals surface area contributed by atoms with Gasteiger partial charge in [-0.05, 0) is 19.4 Å². The fourth-order valence-corrected chi connectivity index (χ4v) is 3.87. The number of halogens is 1. The number of nitrogens with one attached hydrogen (secondary N) is 2. The summed E-state index contributed by atoms with van der Waals surface area (Å²) >= 11 is 0. The first-order valence-corrected chi connectivity index (χ1v) is 8.14. The van der Waals surface area contributed by atoms with Gasteiger partial charge in [0.05, 0.1) is 0 Å². The molecule has 3 fully saturated rings. The van der Waals surface area contributed by atoms with Crippen LogP contribution in [0.3, 0.4) is 0 Å². The Balaban J connectivity index is 0.00000176. The Labute approximate surface area is 138 Å². The summed E-state index contributed by atoms with van der Waals surface area (Å²) in [6.07, 6.45) is 3.54. The van der Waals surface area contributed by atoms with Crippen LogP contribution in [0.1, 0.15) is 25.7 Å². The summed E-state index contributed by atoms with van der Waals surface area (Å²) in [6.45, 7) is 7.15. The highest BCUT2D eigenvalue weighted by Gasteiger charge is 2.41. The molecule has 3 heterocycles. The highest BCUT2D eigenvalue weighted by molar-refractivity contribution is 5.85. The number of carbonyl (C=O) groups is 2. The molecule has 0 saturated carbocycles. The maximum atomic E-state index is 12.2. The van der Waals surface area contributed by atoms with E-state index in [-0.39, 0.29) is 29.6 Å². The Morgan fingerprint density at radius 3 is 2.68 bits per heavy atom. The smallest absolute Gasteiger partial charge is 0.223 e. The largest absolute Gasteiger partial charge is 0.355 e. The third kappa shape index (κ3) is 4.12.